The van der Waals surface area contributed by atoms with Crippen molar-refractivity contribution in [2.75, 3.05) is 26.8 Å². The summed E-state index contributed by atoms with van der Waals surface area (Å²) in [6.45, 7) is 2.75. The average Bonchev–Trinajstić information content (AvgIpc) is 2.44. The summed E-state index contributed by atoms with van der Waals surface area (Å²) in [6, 6.07) is 6.07. The molecule has 0 fully saturated rings. The van der Waals surface area contributed by atoms with E-state index >= 15 is 0 Å². The van der Waals surface area contributed by atoms with E-state index < -0.39 is 10.0 Å². The maximum Gasteiger partial charge on any atom is 0.240 e. The van der Waals surface area contributed by atoms with Gasteiger partial charge in [0.15, 0.2) is 5.96 Å². The van der Waals surface area contributed by atoms with Gasteiger partial charge in [-0.15, -0.1) is 24.0 Å². The number of hydrogen-bond donors (Lipinski definition) is 3. The van der Waals surface area contributed by atoms with Crippen LogP contribution in [-0.2, 0) is 14.8 Å². The molecule has 0 spiro atoms. The Balaban J connectivity index is 0.00000484. The van der Waals surface area contributed by atoms with Crippen molar-refractivity contribution in [3.8, 4) is 0 Å². The highest BCUT2D eigenvalue weighted by atomic mass is 127. The molecule has 132 valence electrons. The third-order valence-electron chi connectivity index (χ3n) is 2.60. The number of methoxy groups -OCH3 is 1. The van der Waals surface area contributed by atoms with Gasteiger partial charge < -0.3 is 15.8 Å². The molecule has 0 heterocycles. The topological polar surface area (TPSA) is 106 Å². The lowest BCUT2D eigenvalue weighted by Crippen LogP contribution is -2.41. The smallest absolute Gasteiger partial charge is 0.240 e. The van der Waals surface area contributed by atoms with Crippen LogP contribution in [0.5, 0.6) is 0 Å². The Morgan fingerprint density at radius 2 is 2.17 bits per heavy atom. The number of ether oxygens (including phenoxy) is 1. The van der Waals surface area contributed by atoms with Gasteiger partial charge in [0, 0.05) is 24.7 Å². The van der Waals surface area contributed by atoms with Crippen LogP contribution < -0.4 is 15.8 Å². The van der Waals surface area contributed by atoms with Crippen LogP contribution in [0.2, 0.25) is 5.02 Å². The number of halogens is 2. The molecule has 0 aromatic heterocycles. The van der Waals surface area contributed by atoms with E-state index in [9.17, 15) is 8.42 Å². The first-order valence-corrected chi connectivity index (χ1v) is 8.52. The fourth-order valence-electron chi connectivity index (χ4n) is 1.66. The van der Waals surface area contributed by atoms with E-state index in [2.05, 4.69) is 15.0 Å². The molecule has 0 saturated heterocycles. The van der Waals surface area contributed by atoms with Gasteiger partial charge >= 0.3 is 0 Å². The molecule has 0 aliphatic heterocycles. The fourth-order valence-corrected chi connectivity index (χ4v) is 2.99. The van der Waals surface area contributed by atoms with Gasteiger partial charge in [-0.05, 0) is 25.1 Å². The Kier molecular flexibility index (Phi) is 10.7. The molecule has 0 aliphatic carbocycles. The summed E-state index contributed by atoms with van der Waals surface area (Å²) in [5, 5.41) is 3.29. The van der Waals surface area contributed by atoms with Gasteiger partial charge in [-0.25, -0.2) is 13.1 Å². The van der Waals surface area contributed by atoms with Crippen molar-refractivity contribution in [3.63, 3.8) is 0 Å². The highest BCUT2D eigenvalue weighted by Gasteiger charge is 2.13. The first kappa shape index (κ1) is 22.4. The monoisotopic (exact) mass is 476 g/mol. The largest absolute Gasteiger partial charge is 0.383 e. The second kappa shape index (κ2) is 11.0. The van der Waals surface area contributed by atoms with Crippen LogP contribution in [0.3, 0.4) is 0 Å². The highest BCUT2D eigenvalue weighted by Crippen LogP contribution is 2.14. The maximum atomic E-state index is 12.0. The van der Waals surface area contributed by atoms with Crippen molar-refractivity contribution in [2.24, 2.45) is 10.7 Å². The SMILES string of the molecule is COCC(C)NC(N)=NCCNS(=O)(=O)c1cccc(Cl)c1.I. The lowest BCUT2D eigenvalue weighted by molar-refractivity contribution is 0.179. The summed E-state index contributed by atoms with van der Waals surface area (Å²) in [4.78, 5) is 4.15. The van der Waals surface area contributed by atoms with E-state index in [-0.39, 0.29) is 54.0 Å². The number of hydrogen-bond acceptors (Lipinski definition) is 4. The van der Waals surface area contributed by atoms with Crippen molar-refractivity contribution in [3.05, 3.63) is 29.3 Å². The van der Waals surface area contributed by atoms with Crippen LogP contribution in [0.4, 0.5) is 0 Å². The minimum atomic E-state index is -3.60. The summed E-state index contributed by atoms with van der Waals surface area (Å²) in [5.74, 6) is 0.242. The predicted molar refractivity (Wildman–Crippen MR) is 103 cm³/mol. The molecule has 23 heavy (non-hydrogen) atoms. The zero-order valence-corrected chi connectivity index (χ0v) is 16.9. The molecule has 1 rings (SSSR count). The molecule has 0 aliphatic rings. The Morgan fingerprint density at radius 1 is 1.48 bits per heavy atom. The number of nitrogens with one attached hydrogen (secondary N) is 2. The second-order valence-electron chi connectivity index (χ2n) is 4.62. The number of aliphatic imine (C=N–C) groups is 1. The van der Waals surface area contributed by atoms with Crippen molar-refractivity contribution < 1.29 is 13.2 Å². The van der Waals surface area contributed by atoms with E-state index in [1.165, 1.54) is 12.1 Å². The van der Waals surface area contributed by atoms with Gasteiger partial charge in [0.1, 0.15) is 0 Å². The van der Waals surface area contributed by atoms with Crippen LogP contribution >= 0.6 is 35.6 Å². The first-order valence-electron chi connectivity index (χ1n) is 6.66. The van der Waals surface area contributed by atoms with Crippen molar-refractivity contribution in [2.45, 2.75) is 17.9 Å². The molecule has 0 bridgehead atoms. The molecule has 0 saturated carbocycles. The van der Waals surface area contributed by atoms with Crippen molar-refractivity contribution >= 4 is 51.6 Å². The summed E-state index contributed by atoms with van der Waals surface area (Å²) < 4.78 is 31.4. The minimum Gasteiger partial charge on any atom is -0.383 e. The minimum absolute atomic E-state index is 0. The third kappa shape index (κ3) is 8.70. The zero-order valence-electron chi connectivity index (χ0n) is 13.0. The quantitative estimate of drug-likeness (QED) is 0.226. The normalized spacial score (nSPS) is 13.3. The average molecular weight is 477 g/mol. The Bertz CT molecular complexity index is 613. The molecule has 1 aromatic carbocycles. The lowest BCUT2D eigenvalue weighted by atomic mass is 10.4. The van der Waals surface area contributed by atoms with Gasteiger partial charge in [-0.1, -0.05) is 17.7 Å². The van der Waals surface area contributed by atoms with Gasteiger partial charge in [-0.3, -0.25) is 4.99 Å². The van der Waals surface area contributed by atoms with E-state index in [0.29, 0.717) is 11.6 Å². The summed E-state index contributed by atoms with van der Waals surface area (Å²) in [7, 11) is -2.00. The molecule has 1 atom stereocenters. The summed E-state index contributed by atoms with van der Waals surface area (Å²) in [6.07, 6.45) is 0. The van der Waals surface area contributed by atoms with E-state index in [0.717, 1.165) is 0 Å². The van der Waals surface area contributed by atoms with Gasteiger partial charge in [0.25, 0.3) is 0 Å². The lowest BCUT2D eigenvalue weighted by Gasteiger charge is -2.13. The van der Waals surface area contributed by atoms with Crippen LogP contribution in [0.25, 0.3) is 0 Å². The number of rotatable bonds is 8. The molecule has 1 aromatic rings. The molecule has 0 amide bonds. The molecular formula is C13H22ClIN4O3S. The number of sulfonamides is 1. The Labute approximate surface area is 159 Å². The van der Waals surface area contributed by atoms with Gasteiger partial charge in [0.2, 0.25) is 10.0 Å². The zero-order chi connectivity index (χ0) is 16.6. The van der Waals surface area contributed by atoms with Crippen molar-refractivity contribution in [1.82, 2.24) is 10.0 Å². The van der Waals surface area contributed by atoms with Gasteiger partial charge in [-0.2, -0.15) is 0 Å². The van der Waals surface area contributed by atoms with E-state index in [1.54, 1.807) is 19.2 Å². The van der Waals surface area contributed by atoms with Crippen LogP contribution in [0.1, 0.15) is 6.92 Å². The summed E-state index contributed by atoms with van der Waals surface area (Å²) >= 11 is 5.78. The highest BCUT2D eigenvalue weighted by molar-refractivity contribution is 14.0. The van der Waals surface area contributed by atoms with Gasteiger partial charge in [0.05, 0.1) is 18.0 Å². The van der Waals surface area contributed by atoms with E-state index in [4.69, 9.17) is 22.1 Å². The number of nitrogens with two attached hydrogens (primary N) is 1. The molecule has 10 heteroatoms. The molecular weight excluding hydrogens is 455 g/mol. The standard InChI is InChI=1S/C13H21ClN4O3S.HI/c1-10(9-21-2)18-13(15)16-6-7-17-22(19,20)12-5-3-4-11(14)8-12;/h3-5,8,10,17H,6-7,9H2,1-2H3,(H3,15,16,18);1H. The van der Waals surface area contributed by atoms with Crippen LogP contribution in [-0.4, -0.2) is 47.2 Å². The summed E-state index contributed by atoms with van der Waals surface area (Å²) in [5.41, 5.74) is 5.67. The number of nitrogens with zero attached hydrogens (tertiary/aromatic N) is 1. The predicted octanol–water partition coefficient (Wildman–Crippen LogP) is 1.18. The fraction of sp³-hybridized carbons (Fsp3) is 0.462. The second-order valence-corrected chi connectivity index (χ2v) is 6.83. The molecule has 1 unspecified atom stereocenters. The van der Waals surface area contributed by atoms with Crippen LogP contribution in [0, 0.1) is 0 Å². The van der Waals surface area contributed by atoms with Crippen molar-refractivity contribution in [1.29, 1.82) is 0 Å². The third-order valence-corrected chi connectivity index (χ3v) is 4.30. The first-order chi connectivity index (χ1) is 10.3. The molecule has 7 nitrogen and oxygen atoms in total. The number of benzene rings is 1. The maximum absolute atomic E-state index is 12.0. The Hall–Kier alpha value is -0.620. The molecule has 0 radical (unpaired) electrons. The Morgan fingerprint density at radius 3 is 2.78 bits per heavy atom. The molecule has 4 N–H and O–H groups in total. The van der Waals surface area contributed by atoms with Crippen LogP contribution in [0.15, 0.2) is 34.2 Å². The van der Waals surface area contributed by atoms with E-state index in [1.807, 2.05) is 6.92 Å². The number of guanidine groups is 1.